The van der Waals surface area contributed by atoms with Crippen molar-refractivity contribution >= 4 is 33.1 Å². The van der Waals surface area contributed by atoms with Crippen LogP contribution in [0.15, 0.2) is 88.5 Å². The predicted molar refractivity (Wildman–Crippen MR) is 126 cm³/mol. The average molecular weight is 459 g/mol. The molecule has 5 rings (SSSR count). The van der Waals surface area contributed by atoms with E-state index in [4.69, 9.17) is 0 Å². The Kier molecular flexibility index (Phi) is 4.95. The number of anilines is 2. The Morgan fingerprint density at radius 3 is 2.40 bits per heavy atom. The molecule has 3 aromatic carbocycles. The van der Waals surface area contributed by atoms with Gasteiger partial charge in [-0.25, -0.2) is 0 Å². The minimum Gasteiger partial charge on any atom is -0.372 e. The first-order valence-corrected chi connectivity index (χ1v) is 11.1. The zero-order valence-electron chi connectivity index (χ0n) is 16.8. The van der Waals surface area contributed by atoms with E-state index in [1.54, 1.807) is 0 Å². The SMILES string of the molecule is Cc1ccc([C@@H]2CC(=O)C3=C(C2)Nc2ccccc2N[C@@H]3c2cccc(Br)c2)cc1. The number of Topliss-reactive ketones (excluding diaryl/α,β-unsaturated/α-hetero) is 1. The third-order valence-electron chi connectivity index (χ3n) is 6.04. The number of hydrogen-bond acceptors (Lipinski definition) is 3. The number of aryl methyl sites for hydroxylation is 1. The molecule has 0 spiro atoms. The number of carbonyl (C=O) groups excluding carboxylic acids is 1. The van der Waals surface area contributed by atoms with Gasteiger partial charge in [-0.05, 0) is 54.7 Å². The number of para-hydroxylation sites is 2. The van der Waals surface area contributed by atoms with E-state index in [1.165, 1.54) is 11.1 Å². The summed E-state index contributed by atoms with van der Waals surface area (Å²) in [6.45, 7) is 2.09. The Morgan fingerprint density at radius 2 is 1.63 bits per heavy atom. The molecule has 3 nitrogen and oxygen atoms in total. The lowest BCUT2D eigenvalue weighted by Crippen LogP contribution is -2.26. The van der Waals surface area contributed by atoms with Gasteiger partial charge in [-0.1, -0.05) is 70.0 Å². The summed E-state index contributed by atoms with van der Waals surface area (Å²) in [5.41, 5.74) is 7.45. The van der Waals surface area contributed by atoms with E-state index in [1.807, 2.05) is 24.3 Å². The van der Waals surface area contributed by atoms with E-state index in [9.17, 15) is 4.79 Å². The van der Waals surface area contributed by atoms with E-state index in [0.717, 1.165) is 39.1 Å². The standard InChI is InChI=1S/C26H23BrN2O/c1-16-9-11-17(12-10-16)19-14-23-25(24(30)15-19)26(18-5-4-6-20(27)13-18)29-22-8-3-2-7-21(22)28-23/h2-13,19,26,28-29H,14-15H2,1H3/t19-,26+/m0/s1. The Balaban J connectivity index is 1.61. The van der Waals surface area contributed by atoms with E-state index in [0.29, 0.717) is 6.42 Å². The zero-order chi connectivity index (χ0) is 20.7. The number of halogens is 1. The molecule has 4 heteroatoms. The Labute approximate surface area is 185 Å². The molecule has 1 aliphatic heterocycles. The topological polar surface area (TPSA) is 41.1 Å². The summed E-state index contributed by atoms with van der Waals surface area (Å²) in [4.78, 5) is 13.5. The van der Waals surface area contributed by atoms with Gasteiger partial charge in [0, 0.05) is 22.2 Å². The molecule has 1 heterocycles. The van der Waals surface area contributed by atoms with Gasteiger partial charge in [-0.15, -0.1) is 0 Å². The van der Waals surface area contributed by atoms with Crippen LogP contribution in [0.5, 0.6) is 0 Å². The predicted octanol–water partition coefficient (Wildman–Crippen LogP) is 6.74. The normalized spacial score (nSPS) is 20.5. The highest BCUT2D eigenvalue weighted by Crippen LogP contribution is 2.44. The Morgan fingerprint density at radius 1 is 0.867 bits per heavy atom. The van der Waals surface area contributed by atoms with Crippen molar-refractivity contribution in [3.63, 3.8) is 0 Å². The van der Waals surface area contributed by atoms with Crippen molar-refractivity contribution < 1.29 is 4.79 Å². The molecule has 2 N–H and O–H groups in total. The van der Waals surface area contributed by atoms with E-state index in [2.05, 4.69) is 82.0 Å². The van der Waals surface area contributed by atoms with Crippen LogP contribution in [0, 0.1) is 6.92 Å². The van der Waals surface area contributed by atoms with Gasteiger partial charge in [0.25, 0.3) is 0 Å². The molecule has 0 bridgehead atoms. The number of fused-ring (bicyclic) bond motifs is 1. The quantitative estimate of drug-likeness (QED) is 0.446. The van der Waals surface area contributed by atoms with Crippen LogP contribution in [0.25, 0.3) is 0 Å². The molecule has 0 fully saturated rings. The molecule has 0 saturated heterocycles. The molecule has 1 aliphatic carbocycles. The third-order valence-corrected chi connectivity index (χ3v) is 6.53. The van der Waals surface area contributed by atoms with Gasteiger partial charge in [0.15, 0.2) is 5.78 Å². The van der Waals surface area contributed by atoms with Crippen LogP contribution < -0.4 is 10.6 Å². The average Bonchev–Trinajstić information content (AvgIpc) is 2.91. The number of allylic oxidation sites excluding steroid dienone is 1. The molecule has 0 amide bonds. The Hall–Kier alpha value is -2.85. The van der Waals surface area contributed by atoms with Crippen molar-refractivity contribution in [2.45, 2.75) is 31.7 Å². The van der Waals surface area contributed by atoms with Gasteiger partial charge in [0.05, 0.1) is 17.4 Å². The summed E-state index contributed by atoms with van der Waals surface area (Å²) >= 11 is 3.58. The van der Waals surface area contributed by atoms with Crippen molar-refractivity contribution in [2.24, 2.45) is 0 Å². The van der Waals surface area contributed by atoms with E-state index < -0.39 is 0 Å². The van der Waals surface area contributed by atoms with Crippen LogP contribution in [0.4, 0.5) is 11.4 Å². The van der Waals surface area contributed by atoms with Crippen LogP contribution in [0.2, 0.25) is 0 Å². The summed E-state index contributed by atoms with van der Waals surface area (Å²) in [6, 6.07) is 24.8. The Bertz CT molecular complexity index is 1150. The zero-order valence-corrected chi connectivity index (χ0v) is 18.4. The van der Waals surface area contributed by atoms with Crippen molar-refractivity contribution in [1.29, 1.82) is 0 Å². The molecule has 0 saturated carbocycles. The van der Waals surface area contributed by atoms with Gasteiger partial charge < -0.3 is 10.6 Å². The van der Waals surface area contributed by atoms with E-state index >= 15 is 0 Å². The third kappa shape index (κ3) is 3.56. The molecule has 0 unspecified atom stereocenters. The fourth-order valence-electron chi connectivity index (χ4n) is 4.50. The lowest BCUT2D eigenvalue weighted by Gasteiger charge is -2.30. The van der Waals surface area contributed by atoms with Gasteiger partial charge >= 0.3 is 0 Å². The molecular formula is C26H23BrN2O. The van der Waals surface area contributed by atoms with Crippen molar-refractivity contribution in [2.75, 3.05) is 10.6 Å². The van der Waals surface area contributed by atoms with Gasteiger partial charge in [-0.2, -0.15) is 0 Å². The lowest BCUT2D eigenvalue weighted by atomic mass is 9.78. The maximum Gasteiger partial charge on any atom is 0.163 e. The molecule has 3 aromatic rings. The maximum absolute atomic E-state index is 13.5. The van der Waals surface area contributed by atoms with E-state index in [-0.39, 0.29) is 17.7 Å². The number of ketones is 1. The number of rotatable bonds is 2. The molecule has 2 aliphatic rings. The van der Waals surface area contributed by atoms with Gasteiger partial charge in [0.2, 0.25) is 0 Å². The lowest BCUT2D eigenvalue weighted by molar-refractivity contribution is -0.116. The second-order valence-electron chi connectivity index (χ2n) is 8.13. The summed E-state index contributed by atoms with van der Waals surface area (Å²) in [5.74, 6) is 0.400. The van der Waals surface area contributed by atoms with Crippen LogP contribution >= 0.6 is 15.9 Å². The van der Waals surface area contributed by atoms with Crippen LogP contribution in [0.1, 0.15) is 41.5 Å². The molecule has 0 radical (unpaired) electrons. The highest BCUT2D eigenvalue weighted by molar-refractivity contribution is 9.10. The summed E-state index contributed by atoms with van der Waals surface area (Å²) in [6.07, 6.45) is 1.36. The van der Waals surface area contributed by atoms with Crippen LogP contribution in [-0.2, 0) is 4.79 Å². The highest BCUT2D eigenvalue weighted by Gasteiger charge is 2.36. The fourth-order valence-corrected chi connectivity index (χ4v) is 4.92. The minimum absolute atomic E-state index is 0.180. The molecular weight excluding hydrogens is 436 g/mol. The first-order chi connectivity index (χ1) is 14.6. The monoisotopic (exact) mass is 458 g/mol. The van der Waals surface area contributed by atoms with Gasteiger partial charge in [0.1, 0.15) is 0 Å². The van der Waals surface area contributed by atoms with Crippen LogP contribution in [-0.4, -0.2) is 5.78 Å². The largest absolute Gasteiger partial charge is 0.372 e. The first kappa shape index (κ1) is 19.1. The number of hydrogen-bond donors (Lipinski definition) is 2. The first-order valence-electron chi connectivity index (χ1n) is 10.3. The number of carbonyl (C=O) groups is 1. The van der Waals surface area contributed by atoms with Crippen molar-refractivity contribution in [1.82, 2.24) is 0 Å². The smallest absolute Gasteiger partial charge is 0.163 e. The molecule has 150 valence electrons. The summed E-state index contributed by atoms with van der Waals surface area (Å²) < 4.78 is 1.01. The maximum atomic E-state index is 13.5. The summed E-state index contributed by atoms with van der Waals surface area (Å²) in [5, 5.41) is 7.23. The highest BCUT2D eigenvalue weighted by atomic mass is 79.9. The van der Waals surface area contributed by atoms with Crippen molar-refractivity contribution in [3.05, 3.63) is 105 Å². The van der Waals surface area contributed by atoms with Gasteiger partial charge in [-0.3, -0.25) is 4.79 Å². The molecule has 2 atom stereocenters. The second kappa shape index (κ2) is 7.77. The molecule has 0 aromatic heterocycles. The minimum atomic E-state index is -0.180. The number of benzene rings is 3. The number of nitrogens with one attached hydrogen (secondary N) is 2. The summed E-state index contributed by atoms with van der Waals surface area (Å²) in [7, 11) is 0. The van der Waals surface area contributed by atoms with Crippen molar-refractivity contribution in [3.8, 4) is 0 Å². The van der Waals surface area contributed by atoms with Crippen LogP contribution in [0.3, 0.4) is 0 Å². The molecule has 30 heavy (non-hydrogen) atoms. The fraction of sp³-hybridized carbons (Fsp3) is 0.192. The second-order valence-corrected chi connectivity index (χ2v) is 9.05.